The molecule has 1 unspecified atom stereocenters. The molecule has 0 saturated heterocycles. The third kappa shape index (κ3) is 4.53. The molecule has 0 aliphatic heterocycles. The zero-order chi connectivity index (χ0) is 15.2. The second kappa shape index (κ2) is 7.70. The van der Waals surface area contributed by atoms with E-state index in [-0.39, 0.29) is 5.97 Å². The van der Waals surface area contributed by atoms with Crippen molar-refractivity contribution >= 4 is 17.7 Å². The zero-order valence-corrected chi connectivity index (χ0v) is 13.9. The van der Waals surface area contributed by atoms with Gasteiger partial charge in [0, 0.05) is 10.6 Å². The fourth-order valence-electron chi connectivity index (χ4n) is 1.85. The number of hydrogen-bond acceptors (Lipinski definition) is 4. The summed E-state index contributed by atoms with van der Waals surface area (Å²) in [6.07, 6.45) is 0.736. The molecule has 0 fully saturated rings. The molecule has 0 aliphatic rings. The lowest BCUT2D eigenvalue weighted by Crippen LogP contribution is -2.49. The van der Waals surface area contributed by atoms with Crippen molar-refractivity contribution < 1.29 is 9.53 Å². The summed E-state index contributed by atoms with van der Waals surface area (Å²) in [5.74, 6) is 0.699. The third-order valence-electron chi connectivity index (χ3n) is 3.48. The van der Waals surface area contributed by atoms with Gasteiger partial charge in [0.05, 0.1) is 6.61 Å². The second-order valence-electron chi connectivity index (χ2n) is 5.17. The maximum Gasteiger partial charge on any atom is 0.326 e. The van der Waals surface area contributed by atoms with Crippen LogP contribution >= 0.6 is 11.8 Å². The Balaban J connectivity index is 2.61. The SMILES string of the molecule is CCOC(=O)C(C)(CCSc1cc(C)ccc1C)NC. The Morgan fingerprint density at radius 2 is 2.10 bits per heavy atom. The van der Waals surface area contributed by atoms with Gasteiger partial charge in [-0.3, -0.25) is 4.79 Å². The number of carbonyl (C=O) groups is 1. The van der Waals surface area contributed by atoms with Crippen molar-refractivity contribution in [1.29, 1.82) is 0 Å². The first kappa shape index (κ1) is 17.1. The molecule has 1 rings (SSSR count). The third-order valence-corrected chi connectivity index (χ3v) is 4.64. The Labute approximate surface area is 126 Å². The fourth-order valence-corrected chi connectivity index (χ4v) is 3.14. The molecule has 0 spiro atoms. The predicted molar refractivity (Wildman–Crippen MR) is 85.4 cm³/mol. The average molecular weight is 295 g/mol. The van der Waals surface area contributed by atoms with Gasteiger partial charge < -0.3 is 10.1 Å². The van der Waals surface area contributed by atoms with Gasteiger partial charge >= 0.3 is 5.97 Å². The number of carbonyl (C=O) groups excluding carboxylic acids is 1. The summed E-state index contributed by atoms with van der Waals surface area (Å²) in [4.78, 5) is 13.3. The summed E-state index contributed by atoms with van der Waals surface area (Å²) in [5.41, 5.74) is 1.93. The number of thioether (sulfide) groups is 1. The van der Waals surface area contributed by atoms with E-state index in [9.17, 15) is 4.79 Å². The lowest BCUT2D eigenvalue weighted by atomic mass is 10.00. The van der Waals surface area contributed by atoms with Crippen LogP contribution in [0.1, 0.15) is 31.4 Å². The minimum Gasteiger partial charge on any atom is -0.465 e. The molecule has 0 bridgehead atoms. The van der Waals surface area contributed by atoms with Crippen LogP contribution in [0, 0.1) is 13.8 Å². The molecule has 1 atom stereocenters. The molecule has 112 valence electrons. The quantitative estimate of drug-likeness (QED) is 0.618. The summed E-state index contributed by atoms with van der Waals surface area (Å²) < 4.78 is 5.13. The molecule has 1 N–H and O–H groups in total. The number of rotatable bonds is 7. The molecule has 0 amide bonds. The van der Waals surface area contributed by atoms with E-state index in [1.165, 1.54) is 16.0 Å². The zero-order valence-electron chi connectivity index (χ0n) is 13.1. The normalized spacial score (nSPS) is 13.8. The molecule has 1 aromatic rings. The van der Waals surface area contributed by atoms with Gasteiger partial charge in [-0.25, -0.2) is 0 Å². The average Bonchev–Trinajstić information content (AvgIpc) is 2.42. The molecular formula is C16H25NO2S. The van der Waals surface area contributed by atoms with Crippen molar-refractivity contribution in [2.45, 2.75) is 44.6 Å². The van der Waals surface area contributed by atoms with Crippen molar-refractivity contribution in [2.75, 3.05) is 19.4 Å². The molecular weight excluding hydrogens is 270 g/mol. The highest BCUT2D eigenvalue weighted by Crippen LogP contribution is 2.26. The Morgan fingerprint density at radius 3 is 2.70 bits per heavy atom. The van der Waals surface area contributed by atoms with Crippen LogP contribution in [0.3, 0.4) is 0 Å². The number of esters is 1. The lowest BCUT2D eigenvalue weighted by molar-refractivity contribution is -0.150. The van der Waals surface area contributed by atoms with E-state index in [0.29, 0.717) is 6.61 Å². The van der Waals surface area contributed by atoms with E-state index in [4.69, 9.17) is 4.74 Å². The fraction of sp³-hybridized carbons (Fsp3) is 0.562. The monoisotopic (exact) mass is 295 g/mol. The van der Waals surface area contributed by atoms with Gasteiger partial charge in [0.25, 0.3) is 0 Å². The van der Waals surface area contributed by atoms with Gasteiger partial charge in [0.1, 0.15) is 5.54 Å². The van der Waals surface area contributed by atoms with Crippen LogP contribution in [0.2, 0.25) is 0 Å². The van der Waals surface area contributed by atoms with Gasteiger partial charge in [-0.2, -0.15) is 0 Å². The van der Waals surface area contributed by atoms with Gasteiger partial charge in [-0.15, -0.1) is 11.8 Å². The van der Waals surface area contributed by atoms with Gasteiger partial charge in [-0.05, 0) is 52.8 Å². The van der Waals surface area contributed by atoms with E-state index in [1.807, 2.05) is 13.8 Å². The first-order chi connectivity index (χ1) is 9.42. The topological polar surface area (TPSA) is 38.3 Å². The number of likely N-dealkylation sites (N-methyl/N-ethyl adjacent to an activating group) is 1. The summed E-state index contributed by atoms with van der Waals surface area (Å²) in [6, 6.07) is 6.46. The molecule has 0 radical (unpaired) electrons. The standard InChI is InChI=1S/C16H25NO2S/c1-6-19-15(18)16(4,17-5)9-10-20-14-11-12(2)7-8-13(14)3/h7-8,11,17H,6,9-10H2,1-5H3. The van der Waals surface area contributed by atoms with Crippen LogP contribution in [0.5, 0.6) is 0 Å². The van der Waals surface area contributed by atoms with Gasteiger partial charge in [0.2, 0.25) is 0 Å². The number of aryl methyl sites for hydroxylation is 2. The van der Waals surface area contributed by atoms with Crippen LogP contribution in [0.15, 0.2) is 23.1 Å². The Hall–Kier alpha value is -1.00. The predicted octanol–water partition coefficient (Wildman–Crippen LogP) is 3.33. The van der Waals surface area contributed by atoms with Crippen LogP contribution in [-0.4, -0.2) is 30.9 Å². The number of benzene rings is 1. The van der Waals surface area contributed by atoms with E-state index < -0.39 is 5.54 Å². The number of nitrogens with one attached hydrogen (secondary N) is 1. The van der Waals surface area contributed by atoms with E-state index in [0.717, 1.165) is 12.2 Å². The Bertz CT molecular complexity index is 462. The maximum absolute atomic E-state index is 12.0. The largest absolute Gasteiger partial charge is 0.465 e. The Kier molecular flexibility index (Phi) is 6.56. The molecule has 1 aromatic carbocycles. The van der Waals surface area contributed by atoms with E-state index >= 15 is 0 Å². The maximum atomic E-state index is 12.0. The van der Waals surface area contributed by atoms with E-state index in [1.54, 1.807) is 18.8 Å². The highest BCUT2D eigenvalue weighted by atomic mass is 32.2. The highest BCUT2D eigenvalue weighted by Gasteiger charge is 2.32. The van der Waals surface area contributed by atoms with Crippen LogP contribution in [0.4, 0.5) is 0 Å². The highest BCUT2D eigenvalue weighted by molar-refractivity contribution is 7.99. The minimum absolute atomic E-state index is 0.177. The van der Waals surface area contributed by atoms with Gasteiger partial charge in [-0.1, -0.05) is 17.7 Å². The van der Waals surface area contributed by atoms with Gasteiger partial charge in [0.15, 0.2) is 0 Å². The van der Waals surface area contributed by atoms with Crippen molar-refractivity contribution in [2.24, 2.45) is 0 Å². The van der Waals surface area contributed by atoms with Crippen LogP contribution < -0.4 is 5.32 Å². The summed E-state index contributed by atoms with van der Waals surface area (Å²) in [7, 11) is 1.81. The first-order valence-electron chi connectivity index (χ1n) is 6.99. The number of ether oxygens (including phenoxy) is 1. The second-order valence-corrected chi connectivity index (χ2v) is 6.31. The number of hydrogen-bond donors (Lipinski definition) is 1. The molecule has 20 heavy (non-hydrogen) atoms. The molecule has 0 aliphatic carbocycles. The minimum atomic E-state index is -0.610. The molecule has 0 saturated carbocycles. The summed E-state index contributed by atoms with van der Waals surface area (Å²) in [5, 5.41) is 3.09. The molecule has 3 nitrogen and oxygen atoms in total. The van der Waals surface area contributed by atoms with Crippen molar-refractivity contribution in [3.63, 3.8) is 0 Å². The summed E-state index contributed by atoms with van der Waals surface area (Å²) >= 11 is 1.79. The summed E-state index contributed by atoms with van der Waals surface area (Å²) in [6.45, 7) is 8.36. The van der Waals surface area contributed by atoms with Crippen molar-refractivity contribution in [1.82, 2.24) is 5.32 Å². The molecule has 0 aromatic heterocycles. The first-order valence-corrected chi connectivity index (χ1v) is 7.97. The lowest BCUT2D eigenvalue weighted by Gasteiger charge is -2.26. The van der Waals surface area contributed by atoms with Crippen molar-refractivity contribution in [3.05, 3.63) is 29.3 Å². The molecule has 4 heteroatoms. The van der Waals surface area contributed by atoms with Crippen molar-refractivity contribution in [3.8, 4) is 0 Å². The molecule has 0 heterocycles. The smallest absolute Gasteiger partial charge is 0.326 e. The van der Waals surface area contributed by atoms with Crippen LogP contribution in [-0.2, 0) is 9.53 Å². The van der Waals surface area contributed by atoms with E-state index in [2.05, 4.69) is 37.4 Å². The Morgan fingerprint density at radius 1 is 1.40 bits per heavy atom. The van der Waals surface area contributed by atoms with Crippen LogP contribution in [0.25, 0.3) is 0 Å².